The first-order valence-electron chi connectivity index (χ1n) is 8.30. The number of hydrogen-bond donors (Lipinski definition) is 1. The predicted molar refractivity (Wildman–Crippen MR) is 103 cm³/mol. The minimum atomic E-state index is -4.04. The van der Waals surface area contributed by atoms with Gasteiger partial charge in [-0.05, 0) is 37.3 Å². The third kappa shape index (κ3) is 4.02. The van der Waals surface area contributed by atoms with Gasteiger partial charge in [-0.3, -0.25) is 4.72 Å². The first-order chi connectivity index (χ1) is 13.8. The van der Waals surface area contributed by atoms with Gasteiger partial charge in [0, 0.05) is 11.1 Å². The van der Waals surface area contributed by atoms with Crippen LogP contribution in [-0.4, -0.2) is 20.5 Å². The van der Waals surface area contributed by atoms with Crippen molar-refractivity contribution in [1.29, 1.82) is 5.26 Å². The second kappa shape index (κ2) is 7.85. The fourth-order valence-corrected chi connectivity index (χ4v) is 3.69. The van der Waals surface area contributed by atoms with Crippen molar-refractivity contribution in [1.82, 2.24) is 4.98 Å². The Kier molecular flexibility index (Phi) is 5.48. The predicted octanol–water partition coefficient (Wildman–Crippen LogP) is 4.02. The molecule has 29 heavy (non-hydrogen) atoms. The zero-order chi connectivity index (χ0) is 21.2. The molecular formula is C20H15F2N3O3S. The van der Waals surface area contributed by atoms with Crippen molar-refractivity contribution in [2.45, 2.75) is 11.8 Å². The molecule has 148 valence electrons. The normalized spacial score (nSPS) is 11.0. The summed E-state index contributed by atoms with van der Waals surface area (Å²) >= 11 is 0. The highest BCUT2D eigenvalue weighted by Gasteiger charge is 2.21. The van der Waals surface area contributed by atoms with E-state index in [9.17, 15) is 22.5 Å². The number of nitriles is 1. The van der Waals surface area contributed by atoms with Crippen LogP contribution in [0.5, 0.6) is 5.88 Å². The molecule has 3 aromatic rings. The van der Waals surface area contributed by atoms with Crippen LogP contribution in [0.1, 0.15) is 11.1 Å². The minimum Gasteiger partial charge on any atom is -0.480 e. The maximum Gasteiger partial charge on any atom is 0.261 e. The Labute approximate surface area is 166 Å². The Morgan fingerprint density at radius 1 is 1.10 bits per heavy atom. The van der Waals surface area contributed by atoms with E-state index in [1.807, 2.05) is 6.07 Å². The first-order valence-corrected chi connectivity index (χ1v) is 9.78. The van der Waals surface area contributed by atoms with E-state index < -0.39 is 21.7 Å². The quantitative estimate of drug-likeness (QED) is 0.680. The molecule has 0 bridgehead atoms. The standard InChI is InChI=1S/C20H15F2N3O3S/c1-12-16(21)8-13(9-17(12)22)19-18(10-14(11-23)20(24-19)28-2)25-29(26,27)15-6-4-3-5-7-15/h3-10,25H,1-2H3. The molecular weight excluding hydrogens is 400 g/mol. The molecule has 0 saturated carbocycles. The number of rotatable bonds is 5. The van der Waals surface area contributed by atoms with Gasteiger partial charge in [-0.15, -0.1) is 0 Å². The van der Waals surface area contributed by atoms with E-state index in [0.717, 1.165) is 12.1 Å². The summed E-state index contributed by atoms with van der Waals surface area (Å²) in [6.45, 7) is 1.28. The largest absolute Gasteiger partial charge is 0.480 e. The zero-order valence-electron chi connectivity index (χ0n) is 15.4. The van der Waals surface area contributed by atoms with Crippen LogP contribution in [0.3, 0.4) is 0 Å². The number of nitrogens with zero attached hydrogens (tertiary/aromatic N) is 2. The molecule has 2 aromatic carbocycles. The lowest BCUT2D eigenvalue weighted by Gasteiger charge is -2.15. The average molecular weight is 415 g/mol. The molecule has 1 heterocycles. The van der Waals surface area contributed by atoms with Crippen LogP contribution in [0.4, 0.5) is 14.5 Å². The molecule has 1 aromatic heterocycles. The molecule has 3 rings (SSSR count). The van der Waals surface area contributed by atoms with E-state index in [-0.39, 0.29) is 38.8 Å². The molecule has 6 nitrogen and oxygen atoms in total. The molecule has 0 saturated heterocycles. The highest BCUT2D eigenvalue weighted by atomic mass is 32.2. The second-order valence-electron chi connectivity index (χ2n) is 6.04. The number of pyridine rings is 1. The number of nitrogens with one attached hydrogen (secondary N) is 1. The highest BCUT2D eigenvalue weighted by molar-refractivity contribution is 7.92. The molecule has 0 radical (unpaired) electrons. The molecule has 9 heteroatoms. The van der Waals surface area contributed by atoms with Gasteiger partial charge in [0.25, 0.3) is 10.0 Å². The van der Waals surface area contributed by atoms with Gasteiger partial charge in [0.2, 0.25) is 5.88 Å². The van der Waals surface area contributed by atoms with Gasteiger partial charge < -0.3 is 4.74 Å². The van der Waals surface area contributed by atoms with E-state index in [0.29, 0.717) is 0 Å². The number of methoxy groups -OCH3 is 1. The van der Waals surface area contributed by atoms with Crippen LogP contribution in [0.2, 0.25) is 0 Å². The van der Waals surface area contributed by atoms with Crippen molar-refractivity contribution >= 4 is 15.7 Å². The topological polar surface area (TPSA) is 92.1 Å². The van der Waals surface area contributed by atoms with E-state index in [2.05, 4.69) is 9.71 Å². The van der Waals surface area contributed by atoms with Crippen molar-refractivity contribution in [3.63, 3.8) is 0 Å². The van der Waals surface area contributed by atoms with Crippen molar-refractivity contribution in [3.05, 3.63) is 71.3 Å². The lowest BCUT2D eigenvalue weighted by molar-refractivity contribution is 0.397. The molecule has 0 fully saturated rings. The lowest BCUT2D eigenvalue weighted by Crippen LogP contribution is -2.14. The van der Waals surface area contributed by atoms with Gasteiger partial charge in [-0.1, -0.05) is 18.2 Å². The van der Waals surface area contributed by atoms with E-state index in [4.69, 9.17) is 4.74 Å². The van der Waals surface area contributed by atoms with Gasteiger partial charge in [0.1, 0.15) is 23.3 Å². The Morgan fingerprint density at radius 3 is 2.28 bits per heavy atom. The van der Waals surface area contributed by atoms with Crippen LogP contribution in [0.25, 0.3) is 11.3 Å². The fraction of sp³-hybridized carbons (Fsp3) is 0.100. The van der Waals surface area contributed by atoms with Gasteiger partial charge in [0.15, 0.2) is 0 Å². The van der Waals surface area contributed by atoms with Crippen molar-refractivity contribution in [2.75, 3.05) is 11.8 Å². The van der Waals surface area contributed by atoms with Crippen molar-refractivity contribution in [2.24, 2.45) is 0 Å². The fourth-order valence-electron chi connectivity index (χ4n) is 2.62. The summed E-state index contributed by atoms with van der Waals surface area (Å²) < 4.78 is 61.0. The zero-order valence-corrected chi connectivity index (χ0v) is 16.2. The molecule has 0 amide bonds. The minimum absolute atomic E-state index is 0.0147. The third-order valence-electron chi connectivity index (χ3n) is 4.15. The van der Waals surface area contributed by atoms with E-state index in [1.165, 1.54) is 32.2 Å². The van der Waals surface area contributed by atoms with Crippen LogP contribution >= 0.6 is 0 Å². The van der Waals surface area contributed by atoms with Crippen LogP contribution in [-0.2, 0) is 10.0 Å². The number of halogens is 2. The second-order valence-corrected chi connectivity index (χ2v) is 7.72. The van der Waals surface area contributed by atoms with E-state index in [1.54, 1.807) is 18.2 Å². The summed E-state index contributed by atoms with van der Waals surface area (Å²) in [7, 11) is -2.77. The number of aromatic nitrogens is 1. The Morgan fingerprint density at radius 2 is 1.72 bits per heavy atom. The summed E-state index contributed by atoms with van der Waals surface area (Å²) in [5.74, 6) is -1.74. The molecule has 0 atom stereocenters. The lowest BCUT2D eigenvalue weighted by atomic mass is 10.1. The smallest absolute Gasteiger partial charge is 0.261 e. The molecule has 0 aliphatic carbocycles. The molecule has 0 aliphatic rings. The summed E-state index contributed by atoms with van der Waals surface area (Å²) in [5.41, 5.74) is -0.443. The Hall–Kier alpha value is -3.51. The molecule has 0 spiro atoms. The van der Waals surface area contributed by atoms with Crippen LogP contribution in [0, 0.1) is 29.9 Å². The van der Waals surface area contributed by atoms with Crippen LogP contribution in [0.15, 0.2) is 53.4 Å². The first kappa shape index (κ1) is 20.2. The van der Waals surface area contributed by atoms with Gasteiger partial charge in [-0.2, -0.15) is 5.26 Å². The number of hydrogen-bond acceptors (Lipinski definition) is 5. The average Bonchev–Trinajstić information content (AvgIpc) is 2.71. The van der Waals surface area contributed by atoms with Crippen LogP contribution < -0.4 is 9.46 Å². The van der Waals surface area contributed by atoms with Gasteiger partial charge in [-0.25, -0.2) is 22.2 Å². The third-order valence-corrected chi connectivity index (χ3v) is 5.53. The summed E-state index contributed by atoms with van der Waals surface area (Å²) in [4.78, 5) is 4.09. The van der Waals surface area contributed by atoms with Crippen molar-refractivity contribution < 1.29 is 21.9 Å². The highest BCUT2D eigenvalue weighted by Crippen LogP contribution is 2.34. The Bertz CT molecular complexity index is 1200. The number of sulfonamides is 1. The van der Waals surface area contributed by atoms with Crippen molar-refractivity contribution in [3.8, 4) is 23.2 Å². The summed E-state index contributed by atoms with van der Waals surface area (Å²) in [6.07, 6.45) is 0. The SMILES string of the molecule is COc1nc(-c2cc(F)c(C)c(F)c2)c(NS(=O)(=O)c2ccccc2)cc1C#N. The maximum atomic E-state index is 14.1. The maximum absolute atomic E-state index is 14.1. The summed E-state index contributed by atoms with van der Waals surface area (Å²) in [5, 5.41) is 9.31. The summed E-state index contributed by atoms with van der Waals surface area (Å²) in [6, 6.07) is 12.7. The molecule has 0 aliphatic heterocycles. The molecule has 1 N–H and O–H groups in total. The monoisotopic (exact) mass is 415 g/mol. The molecule has 0 unspecified atom stereocenters. The van der Waals surface area contributed by atoms with Gasteiger partial charge >= 0.3 is 0 Å². The number of benzene rings is 2. The van der Waals surface area contributed by atoms with E-state index >= 15 is 0 Å². The number of anilines is 1. The van der Waals surface area contributed by atoms with Gasteiger partial charge in [0.05, 0.1) is 23.4 Å². The Balaban J connectivity index is 2.22. The number of ether oxygens (including phenoxy) is 1.